The van der Waals surface area contributed by atoms with Crippen molar-refractivity contribution in [3.05, 3.63) is 24.2 Å². The molecule has 0 spiro atoms. The van der Waals surface area contributed by atoms with Gasteiger partial charge in [-0.3, -0.25) is 0 Å². The zero-order valence-electron chi connectivity index (χ0n) is 7.77. The van der Waals surface area contributed by atoms with E-state index < -0.39 is 0 Å². The number of nitrogens with zero attached hydrogens (tertiary/aromatic N) is 3. The molecule has 0 unspecified atom stereocenters. The van der Waals surface area contributed by atoms with Crippen LogP contribution < -0.4 is 0 Å². The summed E-state index contributed by atoms with van der Waals surface area (Å²) in [6, 6.07) is 3.90. The van der Waals surface area contributed by atoms with Crippen LogP contribution in [-0.2, 0) is 12.4 Å². The van der Waals surface area contributed by atoms with Crippen molar-refractivity contribution in [2.24, 2.45) is 0 Å². The van der Waals surface area contributed by atoms with Gasteiger partial charge in [-0.25, -0.2) is 0 Å². The highest BCUT2D eigenvalue weighted by Gasteiger charge is 2.10. The number of aromatic nitrogens is 3. The smallest absolute Gasteiger partial charge is 0.241 e. The van der Waals surface area contributed by atoms with E-state index in [4.69, 9.17) is 16.1 Å². The van der Waals surface area contributed by atoms with E-state index in [1.807, 2.05) is 22.9 Å². The topological polar surface area (TPSA) is 43.9 Å². The van der Waals surface area contributed by atoms with Crippen LogP contribution >= 0.6 is 11.6 Å². The lowest BCUT2D eigenvalue weighted by Crippen LogP contribution is -1.95. The molecule has 0 N–H and O–H groups in total. The molecule has 0 atom stereocenters. The van der Waals surface area contributed by atoms with E-state index in [1.54, 1.807) is 0 Å². The second-order valence-corrected chi connectivity index (χ2v) is 3.09. The number of alkyl halides is 1. The quantitative estimate of drug-likeness (QED) is 0.732. The van der Waals surface area contributed by atoms with Gasteiger partial charge < -0.3 is 9.09 Å². The van der Waals surface area contributed by atoms with Crippen LogP contribution in [0.4, 0.5) is 0 Å². The first-order chi connectivity index (χ1) is 6.85. The second kappa shape index (κ2) is 3.84. The third-order valence-corrected chi connectivity index (χ3v) is 2.21. The van der Waals surface area contributed by atoms with Crippen molar-refractivity contribution in [3.8, 4) is 11.5 Å². The minimum atomic E-state index is 0.250. The average Bonchev–Trinajstić information content (AvgIpc) is 2.85. The van der Waals surface area contributed by atoms with Gasteiger partial charge in [0.1, 0.15) is 5.88 Å². The van der Waals surface area contributed by atoms with Gasteiger partial charge in [-0.1, -0.05) is 5.16 Å². The Morgan fingerprint density at radius 3 is 3.07 bits per heavy atom. The van der Waals surface area contributed by atoms with E-state index in [9.17, 15) is 0 Å². The normalized spacial score (nSPS) is 10.7. The Labute approximate surface area is 86.5 Å². The largest absolute Gasteiger partial charge is 0.345 e. The van der Waals surface area contributed by atoms with Gasteiger partial charge in [0.2, 0.25) is 11.7 Å². The third kappa shape index (κ3) is 1.53. The molecule has 0 bridgehead atoms. The van der Waals surface area contributed by atoms with Gasteiger partial charge in [0.05, 0.1) is 5.69 Å². The molecule has 0 radical (unpaired) electrons. The Hall–Kier alpha value is -1.29. The maximum absolute atomic E-state index is 5.57. The number of halogens is 1. The van der Waals surface area contributed by atoms with E-state index in [2.05, 4.69) is 17.1 Å². The number of rotatable bonds is 3. The molecule has 4 nitrogen and oxygen atoms in total. The molecule has 2 aromatic heterocycles. The molecule has 0 aliphatic carbocycles. The molecule has 5 heteroatoms. The summed E-state index contributed by atoms with van der Waals surface area (Å²) in [5, 5.41) is 3.85. The second-order valence-electron chi connectivity index (χ2n) is 2.82. The summed E-state index contributed by atoms with van der Waals surface area (Å²) in [4.78, 5) is 4.15. The van der Waals surface area contributed by atoms with Crippen LogP contribution in [0, 0.1) is 0 Å². The van der Waals surface area contributed by atoms with Gasteiger partial charge in [-0.15, -0.1) is 11.6 Å². The molecular weight excluding hydrogens is 202 g/mol. The molecule has 14 heavy (non-hydrogen) atoms. The lowest BCUT2D eigenvalue weighted by molar-refractivity contribution is 0.390. The molecule has 2 heterocycles. The van der Waals surface area contributed by atoms with Gasteiger partial charge in [0.25, 0.3) is 0 Å². The Morgan fingerprint density at radius 1 is 1.57 bits per heavy atom. The van der Waals surface area contributed by atoms with Gasteiger partial charge in [0, 0.05) is 12.7 Å². The Morgan fingerprint density at radius 2 is 2.43 bits per heavy atom. The van der Waals surface area contributed by atoms with E-state index in [0.29, 0.717) is 11.7 Å². The standard InChI is InChI=1S/C9H10ClN3O/c1-2-13-5-3-4-7(13)9-11-8(6-10)14-12-9/h3-5H,2,6H2,1H3. The van der Waals surface area contributed by atoms with Crippen LogP contribution in [0.1, 0.15) is 12.8 Å². The zero-order chi connectivity index (χ0) is 9.97. The predicted molar refractivity (Wildman–Crippen MR) is 53.0 cm³/mol. The highest BCUT2D eigenvalue weighted by atomic mass is 35.5. The summed E-state index contributed by atoms with van der Waals surface area (Å²) in [7, 11) is 0. The molecule has 2 rings (SSSR count). The van der Waals surface area contributed by atoms with Crippen molar-refractivity contribution in [1.29, 1.82) is 0 Å². The van der Waals surface area contributed by atoms with Crippen LogP contribution in [0.5, 0.6) is 0 Å². The van der Waals surface area contributed by atoms with Crippen molar-refractivity contribution in [3.63, 3.8) is 0 Å². The van der Waals surface area contributed by atoms with Crippen LogP contribution in [0.3, 0.4) is 0 Å². The Bertz CT molecular complexity index is 421. The summed E-state index contributed by atoms with van der Waals surface area (Å²) in [5.74, 6) is 1.29. The number of hydrogen-bond donors (Lipinski definition) is 0. The summed E-state index contributed by atoms with van der Waals surface area (Å²) in [5.41, 5.74) is 0.951. The van der Waals surface area contributed by atoms with Crippen molar-refractivity contribution < 1.29 is 4.52 Å². The van der Waals surface area contributed by atoms with Gasteiger partial charge >= 0.3 is 0 Å². The average molecular weight is 212 g/mol. The highest BCUT2D eigenvalue weighted by Crippen LogP contribution is 2.16. The van der Waals surface area contributed by atoms with Gasteiger partial charge in [-0.2, -0.15) is 4.98 Å². The molecule has 0 aliphatic rings. The van der Waals surface area contributed by atoms with Crippen molar-refractivity contribution in [2.45, 2.75) is 19.3 Å². The van der Waals surface area contributed by atoms with Crippen molar-refractivity contribution >= 4 is 11.6 Å². The molecule has 0 aliphatic heterocycles. The van der Waals surface area contributed by atoms with E-state index in [-0.39, 0.29) is 5.88 Å². The molecule has 74 valence electrons. The Kier molecular flexibility index (Phi) is 2.54. The minimum Gasteiger partial charge on any atom is -0.345 e. The lowest BCUT2D eigenvalue weighted by atomic mass is 10.4. The highest BCUT2D eigenvalue weighted by molar-refractivity contribution is 6.16. The fourth-order valence-electron chi connectivity index (χ4n) is 1.31. The molecule has 0 aromatic carbocycles. The van der Waals surface area contributed by atoms with Crippen LogP contribution in [0.2, 0.25) is 0 Å². The molecule has 2 aromatic rings. The van der Waals surface area contributed by atoms with Crippen molar-refractivity contribution in [1.82, 2.24) is 14.7 Å². The first-order valence-corrected chi connectivity index (χ1v) is 4.92. The monoisotopic (exact) mass is 211 g/mol. The summed E-state index contributed by atoms with van der Waals surface area (Å²) >= 11 is 5.57. The predicted octanol–water partition coefficient (Wildman–Crippen LogP) is 2.30. The third-order valence-electron chi connectivity index (χ3n) is 1.98. The van der Waals surface area contributed by atoms with E-state index >= 15 is 0 Å². The first-order valence-electron chi connectivity index (χ1n) is 4.39. The minimum absolute atomic E-state index is 0.250. The molecule has 0 saturated heterocycles. The summed E-state index contributed by atoms with van der Waals surface area (Å²) < 4.78 is 6.98. The van der Waals surface area contributed by atoms with E-state index in [0.717, 1.165) is 12.2 Å². The van der Waals surface area contributed by atoms with Crippen LogP contribution in [-0.4, -0.2) is 14.7 Å². The zero-order valence-corrected chi connectivity index (χ0v) is 8.53. The fourth-order valence-corrected chi connectivity index (χ4v) is 1.41. The number of hydrogen-bond acceptors (Lipinski definition) is 3. The van der Waals surface area contributed by atoms with Gasteiger partial charge in [0.15, 0.2) is 0 Å². The Balaban J connectivity index is 2.38. The van der Waals surface area contributed by atoms with Crippen LogP contribution in [0.15, 0.2) is 22.9 Å². The van der Waals surface area contributed by atoms with E-state index in [1.165, 1.54) is 0 Å². The summed E-state index contributed by atoms with van der Waals surface area (Å²) in [6.07, 6.45) is 1.98. The first kappa shape index (κ1) is 9.27. The van der Waals surface area contributed by atoms with Gasteiger partial charge in [-0.05, 0) is 19.1 Å². The molecule has 0 fully saturated rings. The van der Waals surface area contributed by atoms with Crippen molar-refractivity contribution in [2.75, 3.05) is 0 Å². The SMILES string of the molecule is CCn1cccc1-c1noc(CCl)n1. The van der Waals surface area contributed by atoms with Crippen LogP contribution in [0.25, 0.3) is 11.5 Å². The lowest BCUT2D eigenvalue weighted by Gasteiger charge is -2.00. The summed E-state index contributed by atoms with van der Waals surface area (Å²) in [6.45, 7) is 2.94. The number of aryl methyl sites for hydroxylation is 1. The molecule has 0 amide bonds. The fraction of sp³-hybridized carbons (Fsp3) is 0.333. The molecular formula is C9H10ClN3O. The maximum Gasteiger partial charge on any atom is 0.241 e. The molecule has 0 saturated carbocycles. The maximum atomic E-state index is 5.57.